The van der Waals surface area contributed by atoms with Gasteiger partial charge in [-0.2, -0.15) is 0 Å². The molecule has 40 heavy (non-hydrogen) atoms. The van der Waals surface area contributed by atoms with Crippen LogP contribution in [0.2, 0.25) is 10.0 Å². The predicted octanol–water partition coefficient (Wildman–Crippen LogP) is 5.11. The molecule has 3 N–H and O–H groups in total. The molecule has 0 bridgehead atoms. The SMILES string of the molecule is COc1ccccc1COCCCOc1ccc(N2C(=O)CNC[C@@H]2CNC(=O)Nc2ccc(Cl)c(Cl)c2)cc1. The van der Waals surface area contributed by atoms with Gasteiger partial charge in [0.2, 0.25) is 5.91 Å². The molecule has 4 rings (SSSR count). The molecule has 0 spiro atoms. The van der Waals surface area contributed by atoms with Crippen LogP contribution in [-0.2, 0) is 16.1 Å². The molecular formula is C29H32Cl2N4O5. The van der Waals surface area contributed by atoms with E-state index in [2.05, 4.69) is 16.0 Å². The Morgan fingerprint density at radius 1 is 1.05 bits per heavy atom. The zero-order valence-electron chi connectivity index (χ0n) is 22.1. The van der Waals surface area contributed by atoms with Crippen LogP contribution in [0.3, 0.4) is 0 Å². The molecular weight excluding hydrogens is 555 g/mol. The highest BCUT2D eigenvalue weighted by Crippen LogP contribution is 2.25. The van der Waals surface area contributed by atoms with Crippen LogP contribution >= 0.6 is 23.2 Å². The van der Waals surface area contributed by atoms with Crippen LogP contribution in [0.15, 0.2) is 66.7 Å². The number of piperazine rings is 1. The van der Waals surface area contributed by atoms with Gasteiger partial charge in [0.1, 0.15) is 11.5 Å². The van der Waals surface area contributed by atoms with Crippen molar-refractivity contribution in [2.24, 2.45) is 0 Å². The molecule has 3 aromatic carbocycles. The van der Waals surface area contributed by atoms with Gasteiger partial charge < -0.3 is 35.1 Å². The summed E-state index contributed by atoms with van der Waals surface area (Å²) in [5.41, 5.74) is 2.25. The van der Waals surface area contributed by atoms with E-state index in [1.54, 1.807) is 30.2 Å². The normalized spacial score (nSPS) is 15.0. The number of nitrogens with zero attached hydrogens (tertiary/aromatic N) is 1. The molecule has 1 atom stereocenters. The first-order chi connectivity index (χ1) is 19.4. The summed E-state index contributed by atoms with van der Waals surface area (Å²) >= 11 is 11.9. The van der Waals surface area contributed by atoms with Gasteiger partial charge in [0.25, 0.3) is 0 Å². The third-order valence-corrected chi connectivity index (χ3v) is 6.97. The van der Waals surface area contributed by atoms with E-state index in [-0.39, 0.29) is 25.0 Å². The van der Waals surface area contributed by atoms with E-state index in [0.29, 0.717) is 47.8 Å². The average Bonchev–Trinajstić information content (AvgIpc) is 2.96. The number of ether oxygens (including phenoxy) is 3. The van der Waals surface area contributed by atoms with Crippen molar-refractivity contribution in [1.29, 1.82) is 0 Å². The number of amides is 3. The molecule has 9 nitrogen and oxygen atoms in total. The molecule has 1 heterocycles. The topological polar surface area (TPSA) is 101 Å². The number of hydrogen-bond donors (Lipinski definition) is 3. The number of nitrogens with one attached hydrogen (secondary N) is 3. The maximum Gasteiger partial charge on any atom is 0.319 e. The van der Waals surface area contributed by atoms with Crippen LogP contribution in [0, 0.1) is 0 Å². The standard InChI is InChI=1S/C29H32Cl2N4O5/c1-38-27-6-3-2-5-20(27)19-39-13-4-14-40-24-10-8-22(9-11-24)35-23(16-32-18-28(35)36)17-33-29(37)34-21-7-12-25(30)26(31)15-21/h2-3,5-12,15,23,32H,4,13-14,16-19H2,1H3,(H2,33,34,37)/t23-/m1/s1. The minimum absolute atomic E-state index is 0.0798. The van der Waals surface area contributed by atoms with Gasteiger partial charge in [0.05, 0.1) is 49.6 Å². The van der Waals surface area contributed by atoms with Crippen LogP contribution in [0.1, 0.15) is 12.0 Å². The van der Waals surface area contributed by atoms with E-state index >= 15 is 0 Å². The van der Waals surface area contributed by atoms with Crippen molar-refractivity contribution in [3.8, 4) is 11.5 Å². The molecule has 3 aromatic rings. The lowest BCUT2D eigenvalue weighted by Crippen LogP contribution is -2.59. The average molecular weight is 588 g/mol. The highest BCUT2D eigenvalue weighted by atomic mass is 35.5. The number of hydrogen-bond acceptors (Lipinski definition) is 6. The fourth-order valence-electron chi connectivity index (χ4n) is 4.26. The molecule has 212 valence electrons. The Bertz CT molecular complexity index is 1290. The van der Waals surface area contributed by atoms with E-state index in [4.69, 9.17) is 37.4 Å². The highest BCUT2D eigenvalue weighted by Gasteiger charge is 2.29. The van der Waals surface area contributed by atoms with Crippen LogP contribution in [-0.4, -0.2) is 57.9 Å². The fraction of sp³-hybridized carbons (Fsp3) is 0.310. The van der Waals surface area contributed by atoms with Crippen molar-refractivity contribution in [2.45, 2.75) is 19.1 Å². The van der Waals surface area contributed by atoms with Gasteiger partial charge in [0, 0.05) is 36.4 Å². The third kappa shape index (κ3) is 8.25. The number of benzene rings is 3. The van der Waals surface area contributed by atoms with E-state index in [1.165, 1.54) is 0 Å². The van der Waals surface area contributed by atoms with Crippen LogP contribution in [0.5, 0.6) is 11.5 Å². The first kappa shape index (κ1) is 29.5. The van der Waals surface area contributed by atoms with Crippen molar-refractivity contribution in [2.75, 3.05) is 50.2 Å². The van der Waals surface area contributed by atoms with Gasteiger partial charge in [-0.3, -0.25) is 4.79 Å². The Hall–Kier alpha value is -3.50. The van der Waals surface area contributed by atoms with E-state index < -0.39 is 6.03 Å². The summed E-state index contributed by atoms with van der Waals surface area (Å²) in [5.74, 6) is 1.43. The summed E-state index contributed by atoms with van der Waals surface area (Å²) in [7, 11) is 1.65. The molecule has 0 saturated carbocycles. The van der Waals surface area contributed by atoms with Crippen molar-refractivity contribution >= 4 is 46.5 Å². The van der Waals surface area contributed by atoms with Crippen molar-refractivity contribution in [1.82, 2.24) is 10.6 Å². The number of carbonyl (C=O) groups excluding carboxylic acids is 2. The van der Waals surface area contributed by atoms with Crippen LogP contribution in [0.25, 0.3) is 0 Å². The van der Waals surface area contributed by atoms with Crippen molar-refractivity contribution in [3.05, 3.63) is 82.3 Å². The lowest BCUT2D eigenvalue weighted by atomic mass is 10.1. The quantitative estimate of drug-likeness (QED) is 0.255. The molecule has 11 heteroatoms. The van der Waals surface area contributed by atoms with Crippen LogP contribution in [0.4, 0.5) is 16.2 Å². The molecule has 0 unspecified atom stereocenters. The van der Waals surface area contributed by atoms with E-state index in [0.717, 1.165) is 23.4 Å². The number of rotatable bonds is 12. The first-order valence-corrected chi connectivity index (χ1v) is 13.7. The molecule has 0 aromatic heterocycles. The number of methoxy groups -OCH3 is 1. The van der Waals surface area contributed by atoms with Gasteiger partial charge in [-0.15, -0.1) is 0 Å². The molecule has 0 radical (unpaired) electrons. The lowest BCUT2D eigenvalue weighted by Gasteiger charge is -2.36. The van der Waals surface area contributed by atoms with Crippen molar-refractivity contribution in [3.63, 3.8) is 0 Å². The number of para-hydroxylation sites is 1. The Labute approximate surface area is 243 Å². The molecule has 0 aliphatic carbocycles. The second kappa shape index (κ2) is 14.8. The number of urea groups is 1. The summed E-state index contributed by atoms with van der Waals surface area (Å²) in [5, 5.41) is 9.40. The smallest absolute Gasteiger partial charge is 0.319 e. The van der Waals surface area contributed by atoms with Crippen LogP contribution < -0.4 is 30.3 Å². The van der Waals surface area contributed by atoms with E-state index in [1.807, 2.05) is 48.5 Å². The lowest BCUT2D eigenvalue weighted by molar-refractivity contribution is -0.119. The zero-order valence-corrected chi connectivity index (χ0v) is 23.6. The third-order valence-electron chi connectivity index (χ3n) is 6.23. The number of halogens is 2. The Kier molecular flexibility index (Phi) is 10.9. The minimum atomic E-state index is -0.410. The first-order valence-electron chi connectivity index (χ1n) is 12.9. The summed E-state index contributed by atoms with van der Waals surface area (Å²) in [6.07, 6.45) is 0.727. The van der Waals surface area contributed by atoms with Gasteiger partial charge in [-0.25, -0.2) is 4.79 Å². The monoisotopic (exact) mass is 586 g/mol. The zero-order chi connectivity index (χ0) is 28.3. The Morgan fingerprint density at radius 2 is 1.85 bits per heavy atom. The van der Waals surface area contributed by atoms with Gasteiger partial charge in [-0.1, -0.05) is 41.4 Å². The summed E-state index contributed by atoms with van der Waals surface area (Å²) in [6.45, 7) is 2.53. The molecule has 1 aliphatic heterocycles. The highest BCUT2D eigenvalue weighted by molar-refractivity contribution is 6.42. The predicted molar refractivity (Wildman–Crippen MR) is 157 cm³/mol. The summed E-state index contributed by atoms with van der Waals surface area (Å²) in [4.78, 5) is 26.9. The second-order valence-corrected chi connectivity index (χ2v) is 9.89. The molecule has 1 saturated heterocycles. The summed E-state index contributed by atoms with van der Waals surface area (Å²) in [6, 6.07) is 19.3. The van der Waals surface area contributed by atoms with Crippen molar-refractivity contribution < 1.29 is 23.8 Å². The fourth-order valence-corrected chi connectivity index (χ4v) is 4.56. The minimum Gasteiger partial charge on any atom is -0.496 e. The molecule has 1 aliphatic rings. The van der Waals surface area contributed by atoms with Gasteiger partial charge >= 0.3 is 6.03 Å². The number of anilines is 2. The summed E-state index contributed by atoms with van der Waals surface area (Å²) < 4.78 is 16.9. The van der Waals surface area contributed by atoms with E-state index in [9.17, 15) is 9.59 Å². The van der Waals surface area contributed by atoms with Gasteiger partial charge in [0.15, 0.2) is 0 Å². The molecule has 1 fully saturated rings. The van der Waals surface area contributed by atoms with Gasteiger partial charge in [-0.05, 0) is 48.5 Å². The largest absolute Gasteiger partial charge is 0.496 e. The molecule has 3 amide bonds. The maximum absolute atomic E-state index is 12.8. The Morgan fingerprint density at radius 3 is 2.62 bits per heavy atom. The number of carbonyl (C=O) groups is 2. The Balaban J connectivity index is 1.23. The maximum atomic E-state index is 12.8. The second-order valence-electron chi connectivity index (χ2n) is 9.07.